The van der Waals surface area contributed by atoms with Crippen molar-refractivity contribution in [3.63, 3.8) is 0 Å². The number of methoxy groups -OCH3 is 2. The van der Waals surface area contributed by atoms with Crippen LogP contribution in [-0.4, -0.2) is 49.4 Å². The van der Waals surface area contributed by atoms with Gasteiger partial charge in [-0.25, -0.2) is 4.79 Å². The smallest absolute Gasteiger partial charge is 0.337 e. The Morgan fingerprint density at radius 3 is 2.38 bits per heavy atom. The van der Waals surface area contributed by atoms with Crippen molar-refractivity contribution in [2.45, 2.75) is 0 Å². The molecule has 0 aliphatic rings. The fourth-order valence-electron chi connectivity index (χ4n) is 1.83. The molecule has 0 saturated carbocycles. The highest BCUT2D eigenvalue weighted by atomic mass is 16.5. The van der Waals surface area contributed by atoms with Crippen molar-refractivity contribution in [3.05, 3.63) is 47.7 Å². The minimum atomic E-state index is -0.435. The quantitative estimate of drug-likeness (QED) is 0.587. The Kier molecular flexibility index (Phi) is 6.21. The maximum atomic E-state index is 12.1. The van der Waals surface area contributed by atoms with Crippen LogP contribution in [0.25, 0.3) is 0 Å². The number of amides is 1. The first-order chi connectivity index (χ1) is 11.6. The molecule has 2 N–H and O–H groups in total. The van der Waals surface area contributed by atoms with Gasteiger partial charge < -0.3 is 20.1 Å². The molecule has 2 aromatic rings. The van der Waals surface area contributed by atoms with Gasteiger partial charge in [0.1, 0.15) is 5.82 Å². The van der Waals surface area contributed by atoms with Crippen LogP contribution in [0.3, 0.4) is 0 Å². The van der Waals surface area contributed by atoms with Crippen LogP contribution >= 0.6 is 0 Å². The molecule has 8 heteroatoms. The molecule has 0 fully saturated rings. The molecule has 0 aliphatic carbocycles. The predicted octanol–water partition coefficient (Wildman–Crippen LogP) is 1.57. The lowest BCUT2D eigenvalue weighted by Crippen LogP contribution is -2.15. The fraction of sp³-hybridized carbons (Fsp3) is 0.250. The second kappa shape index (κ2) is 8.59. The van der Waals surface area contributed by atoms with E-state index in [1.165, 1.54) is 7.11 Å². The minimum Gasteiger partial charge on any atom is -0.465 e. The van der Waals surface area contributed by atoms with Crippen molar-refractivity contribution in [1.29, 1.82) is 0 Å². The maximum Gasteiger partial charge on any atom is 0.337 e. The van der Waals surface area contributed by atoms with Gasteiger partial charge in [0.15, 0.2) is 5.69 Å². The molecular weight excluding hydrogens is 312 g/mol. The van der Waals surface area contributed by atoms with Gasteiger partial charge >= 0.3 is 5.97 Å². The van der Waals surface area contributed by atoms with Gasteiger partial charge in [0, 0.05) is 19.3 Å². The summed E-state index contributed by atoms with van der Waals surface area (Å²) in [5, 5.41) is 13.5. The molecule has 1 aromatic heterocycles. The molecular formula is C16H18N4O4. The van der Waals surface area contributed by atoms with Crippen molar-refractivity contribution in [1.82, 2.24) is 10.2 Å². The van der Waals surface area contributed by atoms with Crippen LogP contribution in [0, 0.1) is 0 Å². The average Bonchev–Trinajstić information content (AvgIpc) is 2.62. The Labute approximate surface area is 139 Å². The summed E-state index contributed by atoms with van der Waals surface area (Å²) < 4.78 is 9.53. The van der Waals surface area contributed by atoms with Crippen molar-refractivity contribution in [2.24, 2.45) is 0 Å². The van der Waals surface area contributed by atoms with Crippen LogP contribution in [-0.2, 0) is 9.47 Å². The summed E-state index contributed by atoms with van der Waals surface area (Å²) in [6.45, 7) is 1.15. The van der Waals surface area contributed by atoms with Crippen LogP contribution < -0.4 is 10.6 Å². The first kappa shape index (κ1) is 17.4. The molecule has 1 aromatic carbocycles. The third kappa shape index (κ3) is 4.75. The summed E-state index contributed by atoms with van der Waals surface area (Å²) in [6.07, 6.45) is 0. The van der Waals surface area contributed by atoms with E-state index in [0.717, 1.165) is 0 Å². The Balaban J connectivity index is 1.95. The second-order valence-electron chi connectivity index (χ2n) is 4.75. The molecule has 0 bridgehead atoms. The number of hydrogen-bond donors (Lipinski definition) is 2. The predicted molar refractivity (Wildman–Crippen MR) is 88.1 cm³/mol. The van der Waals surface area contributed by atoms with E-state index in [0.29, 0.717) is 30.2 Å². The molecule has 0 saturated heterocycles. The number of rotatable bonds is 7. The van der Waals surface area contributed by atoms with E-state index in [2.05, 4.69) is 25.6 Å². The first-order valence-corrected chi connectivity index (χ1v) is 7.20. The topological polar surface area (TPSA) is 102 Å². The van der Waals surface area contributed by atoms with Gasteiger partial charge in [-0.05, 0) is 36.4 Å². The van der Waals surface area contributed by atoms with E-state index < -0.39 is 11.9 Å². The van der Waals surface area contributed by atoms with Gasteiger partial charge in [0.2, 0.25) is 0 Å². The van der Waals surface area contributed by atoms with Gasteiger partial charge in [0.05, 0.1) is 19.3 Å². The highest BCUT2D eigenvalue weighted by Gasteiger charge is 2.10. The summed E-state index contributed by atoms with van der Waals surface area (Å²) in [7, 11) is 2.92. The highest BCUT2D eigenvalue weighted by Crippen LogP contribution is 2.12. The number of hydrogen-bond acceptors (Lipinski definition) is 7. The van der Waals surface area contributed by atoms with Crippen molar-refractivity contribution in [3.8, 4) is 0 Å². The molecule has 0 atom stereocenters. The molecule has 8 nitrogen and oxygen atoms in total. The van der Waals surface area contributed by atoms with Gasteiger partial charge in [-0.2, -0.15) is 0 Å². The zero-order chi connectivity index (χ0) is 17.4. The first-order valence-electron chi connectivity index (χ1n) is 7.20. The SMILES string of the molecule is COCCNc1ccc(C(=O)Nc2ccc(C(=O)OC)cc2)nn1. The van der Waals surface area contributed by atoms with Crippen molar-refractivity contribution >= 4 is 23.4 Å². The number of aromatic nitrogens is 2. The largest absolute Gasteiger partial charge is 0.465 e. The Hall–Kier alpha value is -3.00. The van der Waals surface area contributed by atoms with Gasteiger partial charge in [0.25, 0.3) is 5.91 Å². The third-order valence-corrected chi connectivity index (χ3v) is 3.07. The summed E-state index contributed by atoms with van der Waals surface area (Å²) in [5.41, 5.74) is 1.13. The molecule has 2 rings (SSSR count). The molecule has 24 heavy (non-hydrogen) atoms. The number of anilines is 2. The van der Waals surface area contributed by atoms with Crippen molar-refractivity contribution < 1.29 is 19.1 Å². The summed E-state index contributed by atoms with van der Waals surface area (Å²) in [4.78, 5) is 23.5. The molecule has 0 spiro atoms. The monoisotopic (exact) mass is 330 g/mol. The summed E-state index contributed by atoms with van der Waals surface area (Å²) in [5.74, 6) is -0.266. The van der Waals surface area contributed by atoms with E-state index in [9.17, 15) is 9.59 Å². The van der Waals surface area contributed by atoms with Crippen LogP contribution in [0.2, 0.25) is 0 Å². The number of nitrogens with one attached hydrogen (secondary N) is 2. The summed E-state index contributed by atoms with van der Waals surface area (Å²) >= 11 is 0. The van der Waals surface area contributed by atoms with E-state index in [4.69, 9.17) is 4.74 Å². The van der Waals surface area contributed by atoms with Crippen LogP contribution in [0.1, 0.15) is 20.8 Å². The van der Waals surface area contributed by atoms with E-state index >= 15 is 0 Å². The van der Waals surface area contributed by atoms with Gasteiger partial charge in [-0.1, -0.05) is 0 Å². The lowest BCUT2D eigenvalue weighted by atomic mass is 10.2. The Morgan fingerprint density at radius 2 is 1.79 bits per heavy atom. The number of nitrogens with zero attached hydrogens (tertiary/aromatic N) is 2. The van der Waals surface area contributed by atoms with E-state index in [1.54, 1.807) is 43.5 Å². The third-order valence-electron chi connectivity index (χ3n) is 3.07. The van der Waals surface area contributed by atoms with Crippen molar-refractivity contribution in [2.75, 3.05) is 38.0 Å². The van der Waals surface area contributed by atoms with Crippen LogP contribution in [0.15, 0.2) is 36.4 Å². The summed E-state index contributed by atoms with van der Waals surface area (Å²) in [6, 6.07) is 9.58. The number of benzene rings is 1. The van der Waals surface area contributed by atoms with Crippen LogP contribution in [0.4, 0.5) is 11.5 Å². The maximum absolute atomic E-state index is 12.1. The Morgan fingerprint density at radius 1 is 1.04 bits per heavy atom. The molecule has 0 unspecified atom stereocenters. The fourth-order valence-corrected chi connectivity index (χ4v) is 1.83. The molecule has 1 heterocycles. The Bertz CT molecular complexity index is 686. The zero-order valence-corrected chi connectivity index (χ0v) is 13.4. The minimum absolute atomic E-state index is 0.185. The normalized spacial score (nSPS) is 10.1. The van der Waals surface area contributed by atoms with E-state index in [-0.39, 0.29) is 5.69 Å². The van der Waals surface area contributed by atoms with E-state index in [1.807, 2.05) is 0 Å². The number of carbonyl (C=O) groups excluding carboxylic acids is 2. The molecule has 0 radical (unpaired) electrons. The molecule has 1 amide bonds. The zero-order valence-electron chi connectivity index (χ0n) is 13.4. The molecule has 126 valence electrons. The van der Waals surface area contributed by atoms with Gasteiger partial charge in [-0.15, -0.1) is 10.2 Å². The number of esters is 1. The number of carbonyl (C=O) groups is 2. The lowest BCUT2D eigenvalue weighted by Gasteiger charge is -2.07. The van der Waals surface area contributed by atoms with Crippen LogP contribution in [0.5, 0.6) is 0 Å². The second-order valence-corrected chi connectivity index (χ2v) is 4.75. The number of ether oxygens (including phenoxy) is 2. The highest BCUT2D eigenvalue weighted by molar-refractivity contribution is 6.03. The molecule has 0 aliphatic heterocycles. The average molecular weight is 330 g/mol. The standard InChI is InChI=1S/C16H18N4O4/c1-23-10-9-17-14-8-7-13(19-20-14)15(21)18-12-5-3-11(4-6-12)16(22)24-2/h3-8H,9-10H2,1-2H3,(H,17,20)(H,18,21). The lowest BCUT2D eigenvalue weighted by molar-refractivity contribution is 0.0600. The van der Waals surface area contributed by atoms with Gasteiger partial charge in [-0.3, -0.25) is 4.79 Å².